The number of halogens is 2. The van der Waals surface area contributed by atoms with Crippen molar-refractivity contribution < 1.29 is 31.8 Å². The third-order valence-corrected chi connectivity index (χ3v) is 5.80. The molecule has 0 saturated heterocycles. The van der Waals surface area contributed by atoms with Crippen LogP contribution < -0.4 is 9.64 Å². The zero-order valence-electron chi connectivity index (χ0n) is 17.8. The number of benzene rings is 2. The van der Waals surface area contributed by atoms with Crippen LogP contribution in [-0.2, 0) is 9.84 Å². The molecule has 2 rings (SSSR count). The average Bonchev–Trinajstić information content (AvgIpc) is 2.70. The van der Waals surface area contributed by atoms with E-state index in [4.69, 9.17) is 4.74 Å². The number of carboxylic acid groups (broad SMARTS) is 1. The Hall–Kier alpha value is -2.68. The number of ether oxygens (including phenoxy) is 1. The van der Waals surface area contributed by atoms with Gasteiger partial charge in [-0.15, -0.1) is 0 Å². The molecular formula is C22H27F2NO5S. The van der Waals surface area contributed by atoms with Gasteiger partial charge in [-0.1, -0.05) is 26.7 Å². The predicted octanol–water partition coefficient (Wildman–Crippen LogP) is 5.27. The lowest BCUT2D eigenvalue weighted by atomic mass is 10.1. The summed E-state index contributed by atoms with van der Waals surface area (Å²) in [4.78, 5) is 13.2. The van der Waals surface area contributed by atoms with Crippen LogP contribution in [0.3, 0.4) is 0 Å². The Morgan fingerprint density at radius 1 is 1.03 bits per heavy atom. The highest BCUT2D eigenvalue weighted by Gasteiger charge is 2.26. The Balaban J connectivity index is 2.74. The molecule has 0 heterocycles. The summed E-state index contributed by atoms with van der Waals surface area (Å²) in [5, 5.41) is 9.54. The molecule has 0 amide bonds. The van der Waals surface area contributed by atoms with E-state index in [1.165, 1.54) is 12.1 Å². The maximum atomic E-state index is 13.7. The van der Waals surface area contributed by atoms with Crippen molar-refractivity contribution in [3.05, 3.63) is 47.5 Å². The molecule has 0 fully saturated rings. The normalized spacial score (nSPS) is 11.4. The molecular weight excluding hydrogens is 428 g/mol. The average molecular weight is 456 g/mol. The lowest BCUT2D eigenvalue weighted by Crippen LogP contribution is -2.27. The summed E-state index contributed by atoms with van der Waals surface area (Å²) < 4.78 is 57.8. The van der Waals surface area contributed by atoms with Crippen molar-refractivity contribution >= 4 is 21.5 Å². The molecule has 6 nitrogen and oxygen atoms in total. The fourth-order valence-electron chi connectivity index (χ4n) is 3.03. The van der Waals surface area contributed by atoms with Gasteiger partial charge in [0.15, 0.2) is 27.2 Å². The first kappa shape index (κ1) is 24.6. The molecule has 0 atom stereocenters. The number of carboxylic acids is 1. The largest absolute Gasteiger partial charge is 0.478 e. The number of hydrogen-bond acceptors (Lipinski definition) is 5. The number of nitrogens with zero attached hydrogens (tertiary/aromatic N) is 1. The monoisotopic (exact) mass is 455 g/mol. The first-order chi connectivity index (χ1) is 14.6. The van der Waals surface area contributed by atoms with Gasteiger partial charge in [-0.2, -0.15) is 0 Å². The molecule has 31 heavy (non-hydrogen) atoms. The van der Waals surface area contributed by atoms with E-state index in [0.29, 0.717) is 13.1 Å². The van der Waals surface area contributed by atoms with Gasteiger partial charge >= 0.3 is 5.97 Å². The number of anilines is 1. The minimum atomic E-state index is -3.91. The highest BCUT2D eigenvalue weighted by Crippen LogP contribution is 2.40. The van der Waals surface area contributed by atoms with Crippen molar-refractivity contribution in [2.75, 3.05) is 24.2 Å². The maximum absolute atomic E-state index is 13.7. The summed E-state index contributed by atoms with van der Waals surface area (Å²) in [6.07, 6.45) is 4.27. The fourth-order valence-corrected chi connectivity index (χ4v) is 3.86. The van der Waals surface area contributed by atoms with Crippen molar-refractivity contribution in [2.45, 2.75) is 44.4 Å². The van der Waals surface area contributed by atoms with E-state index in [0.717, 1.165) is 50.1 Å². The molecule has 0 radical (unpaired) electrons. The van der Waals surface area contributed by atoms with Crippen LogP contribution in [0.4, 0.5) is 14.5 Å². The van der Waals surface area contributed by atoms with E-state index in [1.807, 2.05) is 18.7 Å². The molecule has 1 N–H and O–H groups in total. The third kappa shape index (κ3) is 6.40. The van der Waals surface area contributed by atoms with Gasteiger partial charge in [0.1, 0.15) is 10.6 Å². The van der Waals surface area contributed by atoms with Crippen molar-refractivity contribution in [3.8, 4) is 11.5 Å². The second-order valence-electron chi connectivity index (χ2n) is 7.27. The summed E-state index contributed by atoms with van der Waals surface area (Å²) in [5.41, 5.74) is 0.0815. The van der Waals surface area contributed by atoms with Gasteiger partial charge in [0, 0.05) is 25.4 Å². The van der Waals surface area contributed by atoms with E-state index in [1.54, 1.807) is 0 Å². The van der Waals surface area contributed by atoms with E-state index < -0.39 is 27.4 Å². The SMILES string of the molecule is CCCCN(CCCC)c1cc(C(=O)O)cc(S(C)(=O)=O)c1Oc1ccc(F)c(F)c1. The minimum Gasteiger partial charge on any atom is -0.478 e. The van der Waals surface area contributed by atoms with Gasteiger partial charge in [0.25, 0.3) is 0 Å². The highest BCUT2D eigenvalue weighted by atomic mass is 32.2. The molecule has 2 aromatic carbocycles. The Labute approximate surface area is 181 Å². The fraction of sp³-hybridized carbons (Fsp3) is 0.409. The molecule has 0 aliphatic heterocycles. The lowest BCUT2D eigenvalue weighted by molar-refractivity contribution is 0.0696. The standard InChI is InChI=1S/C22H27F2NO5S/c1-4-6-10-25(11-7-5-2)19-12-15(22(26)27)13-20(31(3,28)29)21(19)30-16-8-9-17(23)18(24)14-16/h8-9,12-14H,4-7,10-11H2,1-3H3,(H,26,27). The molecule has 0 unspecified atom stereocenters. The quantitative estimate of drug-likeness (QED) is 0.497. The Morgan fingerprint density at radius 2 is 1.65 bits per heavy atom. The van der Waals surface area contributed by atoms with Crippen LogP contribution >= 0.6 is 0 Å². The summed E-state index contributed by atoms with van der Waals surface area (Å²) in [7, 11) is -3.91. The number of rotatable bonds is 11. The van der Waals surface area contributed by atoms with Crippen molar-refractivity contribution in [1.82, 2.24) is 0 Å². The summed E-state index contributed by atoms with van der Waals surface area (Å²) >= 11 is 0. The Bertz CT molecular complexity index is 1030. The molecule has 2 aromatic rings. The first-order valence-electron chi connectivity index (χ1n) is 10.1. The molecule has 0 bridgehead atoms. The minimum absolute atomic E-state index is 0.0981. The van der Waals surface area contributed by atoms with Gasteiger partial charge in [-0.3, -0.25) is 0 Å². The molecule has 0 aliphatic rings. The van der Waals surface area contributed by atoms with Crippen LogP contribution in [0.5, 0.6) is 11.5 Å². The summed E-state index contributed by atoms with van der Waals surface area (Å²) in [6, 6.07) is 5.26. The van der Waals surface area contributed by atoms with E-state index >= 15 is 0 Å². The topological polar surface area (TPSA) is 83.9 Å². The molecule has 0 aliphatic carbocycles. The van der Waals surface area contributed by atoms with Crippen LogP contribution in [0.15, 0.2) is 35.2 Å². The lowest BCUT2D eigenvalue weighted by Gasteiger charge is -2.28. The van der Waals surface area contributed by atoms with E-state index in [-0.39, 0.29) is 27.6 Å². The zero-order chi connectivity index (χ0) is 23.2. The van der Waals surface area contributed by atoms with Crippen LogP contribution in [0.25, 0.3) is 0 Å². The van der Waals surface area contributed by atoms with Crippen molar-refractivity contribution in [1.29, 1.82) is 0 Å². The molecule has 0 saturated carbocycles. The van der Waals surface area contributed by atoms with Crippen LogP contribution in [0.1, 0.15) is 49.9 Å². The third-order valence-electron chi connectivity index (χ3n) is 4.70. The van der Waals surface area contributed by atoms with Crippen LogP contribution in [0, 0.1) is 11.6 Å². The van der Waals surface area contributed by atoms with Crippen LogP contribution in [0.2, 0.25) is 0 Å². The zero-order valence-corrected chi connectivity index (χ0v) is 18.6. The van der Waals surface area contributed by atoms with E-state index in [9.17, 15) is 27.1 Å². The van der Waals surface area contributed by atoms with Gasteiger partial charge in [-0.05, 0) is 37.1 Å². The van der Waals surface area contributed by atoms with Gasteiger partial charge in [0.05, 0.1) is 11.3 Å². The van der Waals surface area contributed by atoms with Gasteiger partial charge < -0.3 is 14.7 Å². The number of unbranched alkanes of at least 4 members (excludes halogenated alkanes) is 2. The Morgan fingerprint density at radius 3 is 2.13 bits per heavy atom. The predicted molar refractivity (Wildman–Crippen MR) is 115 cm³/mol. The van der Waals surface area contributed by atoms with Crippen molar-refractivity contribution in [2.24, 2.45) is 0 Å². The van der Waals surface area contributed by atoms with E-state index in [2.05, 4.69) is 0 Å². The summed E-state index contributed by atoms with van der Waals surface area (Å²) in [5.74, 6) is -3.69. The molecule has 170 valence electrons. The molecule has 9 heteroatoms. The molecule has 0 aromatic heterocycles. The number of hydrogen-bond donors (Lipinski definition) is 1. The Kier molecular flexibility index (Phi) is 8.38. The highest BCUT2D eigenvalue weighted by molar-refractivity contribution is 7.90. The number of sulfone groups is 1. The summed E-state index contributed by atoms with van der Waals surface area (Å²) in [6.45, 7) is 5.12. The number of carbonyl (C=O) groups is 1. The second-order valence-corrected chi connectivity index (χ2v) is 9.26. The molecule has 0 spiro atoms. The smallest absolute Gasteiger partial charge is 0.335 e. The second kappa shape index (κ2) is 10.6. The maximum Gasteiger partial charge on any atom is 0.335 e. The first-order valence-corrected chi connectivity index (χ1v) is 12.0. The van der Waals surface area contributed by atoms with Gasteiger partial charge in [0.2, 0.25) is 0 Å². The van der Waals surface area contributed by atoms with Gasteiger partial charge in [-0.25, -0.2) is 22.0 Å². The van der Waals surface area contributed by atoms with Crippen LogP contribution in [-0.4, -0.2) is 38.8 Å². The number of aromatic carboxylic acids is 1. The van der Waals surface area contributed by atoms with Crippen molar-refractivity contribution in [3.63, 3.8) is 0 Å².